The molecule has 1 aliphatic heterocycles. The molecule has 0 aromatic carbocycles. The van der Waals surface area contributed by atoms with Gasteiger partial charge < -0.3 is 0 Å². The summed E-state index contributed by atoms with van der Waals surface area (Å²) in [7, 11) is 0. The molecule has 1 aromatic rings. The van der Waals surface area contributed by atoms with Crippen LogP contribution in [0.2, 0.25) is 0 Å². The van der Waals surface area contributed by atoms with Gasteiger partial charge in [-0.05, 0) is 45.6 Å². The second-order valence-corrected chi connectivity index (χ2v) is 7.76. The van der Waals surface area contributed by atoms with Crippen LogP contribution in [0.25, 0.3) is 0 Å². The van der Waals surface area contributed by atoms with Crippen molar-refractivity contribution in [2.45, 2.75) is 47.0 Å². The molecule has 6 heteroatoms. The van der Waals surface area contributed by atoms with Gasteiger partial charge in [-0.1, -0.05) is 18.1 Å². The Balaban J connectivity index is 1.80. The highest BCUT2D eigenvalue weighted by molar-refractivity contribution is 7.10. The SMILES string of the molecule is CCc1c(C(=O)NN2C(=O)C3CC(C)=C(C)CC3C2=O)csc1C. The van der Waals surface area contributed by atoms with Gasteiger partial charge in [0.1, 0.15) is 0 Å². The highest BCUT2D eigenvalue weighted by Gasteiger charge is 2.50. The molecular weight excluding hydrogens is 324 g/mol. The Bertz CT molecular complexity index is 730. The Kier molecular flexibility index (Phi) is 4.34. The Hall–Kier alpha value is -1.95. The number of rotatable bonds is 3. The van der Waals surface area contributed by atoms with Crippen molar-refractivity contribution in [3.8, 4) is 0 Å². The van der Waals surface area contributed by atoms with Gasteiger partial charge >= 0.3 is 0 Å². The Morgan fingerprint density at radius 1 is 1.17 bits per heavy atom. The van der Waals surface area contributed by atoms with Gasteiger partial charge in [0.15, 0.2) is 0 Å². The number of imide groups is 1. The van der Waals surface area contributed by atoms with E-state index in [2.05, 4.69) is 5.43 Å². The lowest BCUT2D eigenvalue weighted by molar-refractivity contribution is -0.142. The minimum Gasteiger partial charge on any atom is -0.272 e. The molecule has 1 aromatic heterocycles. The molecular formula is C18H22N2O3S. The summed E-state index contributed by atoms with van der Waals surface area (Å²) >= 11 is 1.51. The third-order valence-electron chi connectivity index (χ3n) is 5.26. The summed E-state index contributed by atoms with van der Waals surface area (Å²) in [5.74, 6) is -1.61. The molecule has 0 bridgehead atoms. The van der Waals surface area contributed by atoms with Crippen molar-refractivity contribution in [2.75, 3.05) is 0 Å². The van der Waals surface area contributed by atoms with Gasteiger partial charge in [-0.3, -0.25) is 19.8 Å². The molecule has 0 saturated carbocycles. The largest absolute Gasteiger partial charge is 0.272 e. The number of carbonyl (C=O) groups is 3. The number of hydrazine groups is 1. The molecule has 0 radical (unpaired) electrons. The van der Waals surface area contributed by atoms with Crippen molar-refractivity contribution in [3.05, 3.63) is 32.5 Å². The van der Waals surface area contributed by atoms with Crippen LogP contribution in [0.1, 0.15) is 54.4 Å². The summed E-state index contributed by atoms with van der Waals surface area (Å²) in [6.07, 6.45) is 1.95. The Labute approximate surface area is 145 Å². The lowest BCUT2D eigenvalue weighted by Gasteiger charge is -2.23. The van der Waals surface area contributed by atoms with E-state index < -0.39 is 0 Å². The van der Waals surface area contributed by atoms with E-state index in [0.29, 0.717) is 18.4 Å². The van der Waals surface area contributed by atoms with Crippen LogP contribution in [0.4, 0.5) is 0 Å². The van der Waals surface area contributed by atoms with Gasteiger partial charge in [-0.25, -0.2) is 0 Å². The molecule has 24 heavy (non-hydrogen) atoms. The van der Waals surface area contributed by atoms with Gasteiger partial charge in [0.25, 0.3) is 17.7 Å². The lowest BCUT2D eigenvalue weighted by atomic mass is 9.78. The van der Waals surface area contributed by atoms with Gasteiger partial charge in [0, 0.05) is 10.3 Å². The normalized spacial score (nSPS) is 23.8. The van der Waals surface area contributed by atoms with Gasteiger partial charge in [-0.2, -0.15) is 5.01 Å². The van der Waals surface area contributed by atoms with Crippen molar-refractivity contribution in [1.82, 2.24) is 10.4 Å². The van der Waals surface area contributed by atoms with Crippen LogP contribution in [0, 0.1) is 18.8 Å². The van der Waals surface area contributed by atoms with Gasteiger partial charge in [0.2, 0.25) is 0 Å². The van der Waals surface area contributed by atoms with E-state index in [1.807, 2.05) is 27.7 Å². The third kappa shape index (κ3) is 2.59. The van der Waals surface area contributed by atoms with Crippen LogP contribution in [0.15, 0.2) is 16.5 Å². The van der Waals surface area contributed by atoms with Crippen molar-refractivity contribution in [1.29, 1.82) is 0 Å². The maximum Gasteiger partial charge on any atom is 0.271 e. The van der Waals surface area contributed by atoms with E-state index in [9.17, 15) is 14.4 Å². The third-order valence-corrected chi connectivity index (χ3v) is 6.21. The van der Waals surface area contributed by atoms with E-state index in [4.69, 9.17) is 0 Å². The highest BCUT2D eigenvalue weighted by Crippen LogP contribution is 2.40. The molecule has 2 aliphatic rings. The van der Waals surface area contributed by atoms with E-state index in [1.165, 1.54) is 22.5 Å². The highest BCUT2D eigenvalue weighted by atomic mass is 32.1. The fourth-order valence-electron chi connectivity index (χ4n) is 3.63. The van der Waals surface area contributed by atoms with Crippen LogP contribution < -0.4 is 5.43 Å². The molecule has 2 atom stereocenters. The van der Waals surface area contributed by atoms with Crippen LogP contribution in [-0.2, 0) is 16.0 Å². The number of thiophene rings is 1. The zero-order valence-corrected chi connectivity index (χ0v) is 15.3. The Morgan fingerprint density at radius 3 is 2.21 bits per heavy atom. The molecule has 0 spiro atoms. The summed E-state index contributed by atoms with van der Waals surface area (Å²) in [4.78, 5) is 38.8. The summed E-state index contributed by atoms with van der Waals surface area (Å²) < 4.78 is 0. The fraction of sp³-hybridized carbons (Fsp3) is 0.500. The molecule has 1 fully saturated rings. The molecule has 2 unspecified atom stereocenters. The number of carbonyl (C=O) groups excluding carboxylic acids is 3. The average molecular weight is 346 g/mol. The average Bonchev–Trinajstić information content (AvgIpc) is 3.02. The number of aryl methyl sites for hydroxylation is 1. The molecule has 1 aliphatic carbocycles. The van der Waals surface area contributed by atoms with E-state index in [0.717, 1.165) is 21.9 Å². The standard InChI is InChI=1S/C18H22N2O3S/c1-5-12-11(4)24-8-15(12)16(21)19-20-17(22)13-6-9(2)10(3)7-14(13)18(20)23/h8,13-14H,5-7H2,1-4H3,(H,19,21). The number of allylic oxidation sites excluding steroid dienone is 2. The van der Waals surface area contributed by atoms with E-state index >= 15 is 0 Å². The second kappa shape index (κ2) is 6.16. The number of nitrogens with one attached hydrogen (secondary N) is 1. The summed E-state index contributed by atoms with van der Waals surface area (Å²) in [5.41, 5.74) is 6.43. The Morgan fingerprint density at radius 2 is 1.71 bits per heavy atom. The number of hydrogen-bond acceptors (Lipinski definition) is 4. The molecule has 128 valence electrons. The molecule has 1 saturated heterocycles. The first-order valence-electron chi connectivity index (χ1n) is 8.26. The van der Waals surface area contributed by atoms with Crippen LogP contribution in [-0.4, -0.2) is 22.7 Å². The number of nitrogens with zero attached hydrogens (tertiary/aromatic N) is 1. The van der Waals surface area contributed by atoms with Crippen LogP contribution in [0.5, 0.6) is 0 Å². The second-order valence-electron chi connectivity index (χ2n) is 6.67. The molecule has 3 rings (SSSR count). The molecule has 3 amide bonds. The lowest BCUT2D eigenvalue weighted by Crippen LogP contribution is -2.46. The smallest absolute Gasteiger partial charge is 0.271 e. The maximum absolute atomic E-state index is 12.6. The molecule has 2 heterocycles. The maximum atomic E-state index is 12.6. The quantitative estimate of drug-likeness (QED) is 0.676. The first kappa shape index (κ1) is 16.9. The van der Waals surface area contributed by atoms with E-state index in [-0.39, 0.29) is 29.6 Å². The number of amides is 3. The fourth-order valence-corrected chi connectivity index (χ4v) is 4.57. The van der Waals surface area contributed by atoms with Crippen molar-refractivity contribution >= 4 is 29.1 Å². The van der Waals surface area contributed by atoms with Crippen LogP contribution in [0.3, 0.4) is 0 Å². The minimum absolute atomic E-state index is 0.282. The first-order chi connectivity index (χ1) is 11.3. The first-order valence-corrected chi connectivity index (χ1v) is 9.14. The van der Waals surface area contributed by atoms with Crippen molar-refractivity contribution in [2.24, 2.45) is 11.8 Å². The number of fused-ring (bicyclic) bond motifs is 1. The summed E-state index contributed by atoms with van der Waals surface area (Å²) in [6.45, 7) is 7.97. The predicted octanol–water partition coefficient (Wildman–Crippen LogP) is 3.00. The minimum atomic E-state index is -0.377. The zero-order valence-electron chi connectivity index (χ0n) is 14.4. The number of hydrogen-bond donors (Lipinski definition) is 1. The molecule has 5 nitrogen and oxygen atoms in total. The van der Waals surface area contributed by atoms with Crippen molar-refractivity contribution < 1.29 is 14.4 Å². The van der Waals surface area contributed by atoms with Gasteiger partial charge in [-0.15, -0.1) is 11.3 Å². The van der Waals surface area contributed by atoms with Crippen LogP contribution >= 0.6 is 11.3 Å². The monoisotopic (exact) mass is 346 g/mol. The van der Waals surface area contributed by atoms with E-state index in [1.54, 1.807) is 5.38 Å². The molecule has 1 N–H and O–H groups in total. The zero-order chi connectivity index (χ0) is 17.6. The summed E-state index contributed by atoms with van der Waals surface area (Å²) in [5, 5.41) is 2.74. The van der Waals surface area contributed by atoms with Gasteiger partial charge in [0.05, 0.1) is 17.4 Å². The van der Waals surface area contributed by atoms with Crippen molar-refractivity contribution in [3.63, 3.8) is 0 Å². The predicted molar refractivity (Wildman–Crippen MR) is 92.3 cm³/mol. The topological polar surface area (TPSA) is 66.5 Å². The summed E-state index contributed by atoms with van der Waals surface area (Å²) in [6, 6.07) is 0.